The summed E-state index contributed by atoms with van der Waals surface area (Å²) in [5, 5.41) is 15.4. The minimum atomic E-state index is -3.02. The van der Waals surface area contributed by atoms with Gasteiger partial charge in [-0.15, -0.1) is 0 Å². The van der Waals surface area contributed by atoms with Crippen molar-refractivity contribution in [3.8, 4) is 17.1 Å². The van der Waals surface area contributed by atoms with Crippen LogP contribution >= 0.6 is 0 Å². The quantitative estimate of drug-likeness (QED) is 0.476. The van der Waals surface area contributed by atoms with E-state index in [0.717, 1.165) is 6.34 Å². The number of hydrogen-bond donors (Lipinski definition) is 3. The van der Waals surface area contributed by atoms with Gasteiger partial charge < -0.3 is 20.0 Å². The van der Waals surface area contributed by atoms with Crippen molar-refractivity contribution in [2.45, 2.75) is 6.61 Å². The number of carboxylic acids is 1. The summed E-state index contributed by atoms with van der Waals surface area (Å²) in [4.78, 5) is 11.5. The molecule has 0 atom stereocenters. The molecule has 3 rings (SSSR count). The summed E-state index contributed by atoms with van der Waals surface area (Å²) < 4.78 is 47.4. The first kappa shape index (κ1) is 18.8. The second kappa shape index (κ2) is 8.06. The first-order valence-electron chi connectivity index (χ1n) is 7.08. The topological polar surface area (TPSA) is 110 Å². The highest BCUT2D eigenvalue weighted by Gasteiger charge is 2.22. The third-order valence-electron chi connectivity index (χ3n) is 3.20. The molecule has 4 N–H and O–H groups in total. The van der Waals surface area contributed by atoms with Crippen molar-refractivity contribution < 1.29 is 32.2 Å². The molecule has 136 valence electrons. The zero-order chi connectivity index (χ0) is 19.3. The molecular formula is C17H13F3N2O4. The number of nitrogens with two attached hydrogens (primary N) is 1. The predicted octanol–water partition coefficient (Wildman–Crippen LogP) is 4.09. The number of carbonyl (C=O) groups is 1. The molecule has 3 aromatic rings. The molecule has 0 aliphatic carbocycles. The van der Waals surface area contributed by atoms with Gasteiger partial charge >= 0.3 is 12.6 Å². The SMILES string of the molecule is N=CN.O=C(O)c1c(-c2ccc(F)cc2)oc2ccc(OC(F)F)cc12. The fraction of sp³-hybridized carbons (Fsp3) is 0.0588. The molecule has 0 fully saturated rings. The monoisotopic (exact) mass is 366 g/mol. The van der Waals surface area contributed by atoms with Crippen LogP contribution < -0.4 is 10.5 Å². The zero-order valence-corrected chi connectivity index (χ0v) is 13.1. The predicted molar refractivity (Wildman–Crippen MR) is 88.2 cm³/mol. The maximum Gasteiger partial charge on any atom is 0.387 e. The van der Waals surface area contributed by atoms with E-state index in [1.165, 1.54) is 42.5 Å². The molecule has 0 bridgehead atoms. The highest BCUT2D eigenvalue weighted by molar-refractivity contribution is 6.08. The summed E-state index contributed by atoms with van der Waals surface area (Å²) in [6.45, 7) is -3.02. The molecule has 2 aromatic carbocycles. The Bertz CT molecular complexity index is 924. The van der Waals surface area contributed by atoms with Crippen molar-refractivity contribution >= 4 is 23.3 Å². The molecule has 0 aliphatic heterocycles. The Morgan fingerprint density at radius 3 is 2.38 bits per heavy atom. The van der Waals surface area contributed by atoms with E-state index in [-0.39, 0.29) is 28.0 Å². The molecule has 9 heteroatoms. The lowest BCUT2D eigenvalue weighted by molar-refractivity contribution is -0.0497. The number of furan rings is 1. The average Bonchev–Trinajstić information content (AvgIpc) is 2.94. The zero-order valence-electron chi connectivity index (χ0n) is 13.1. The van der Waals surface area contributed by atoms with Gasteiger partial charge in [-0.05, 0) is 42.5 Å². The number of halogens is 3. The minimum absolute atomic E-state index is 0.0155. The second-order valence-electron chi connectivity index (χ2n) is 4.82. The summed E-state index contributed by atoms with van der Waals surface area (Å²) in [5.41, 5.74) is 4.74. The number of ether oxygens (including phenoxy) is 1. The van der Waals surface area contributed by atoms with Crippen LogP contribution in [-0.4, -0.2) is 24.0 Å². The van der Waals surface area contributed by atoms with E-state index in [9.17, 15) is 23.1 Å². The Labute approximate surface area is 145 Å². The van der Waals surface area contributed by atoms with Gasteiger partial charge in [0.25, 0.3) is 0 Å². The van der Waals surface area contributed by atoms with Crippen LogP contribution in [0.3, 0.4) is 0 Å². The van der Waals surface area contributed by atoms with E-state index in [2.05, 4.69) is 10.5 Å². The molecule has 0 unspecified atom stereocenters. The number of benzene rings is 2. The third kappa shape index (κ3) is 4.12. The number of alkyl halides is 2. The summed E-state index contributed by atoms with van der Waals surface area (Å²) in [7, 11) is 0. The van der Waals surface area contributed by atoms with E-state index in [1.807, 2.05) is 0 Å². The molecular weight excluding hydrogens is 353 g/mol. The Kier molecular flexibility index (Phi) is 5.84. The fourth-order valence-corrected chi connectivity index (χ4v) is 2.27. The van der Waals surface area contributed by atoms with E-state index in [1.54, 1.807) is 0 Å². The smallest absolute Gasteiger partial charge is 0.387 e. The molecule has 1 aromatic heterocycles. The van der Waals surface area contributed by atoms with Crippen molar-refractivity contribution in [2.75, 3.05) is 0 Å². The van der Waals surface area contributed by atoms with Crippen molar-refractivity contribution in [3.63, 3.8) is 0 Å². The van der Waals surface area contributed by atoms with Crippen LogP contribution in [0.2, 0.25) is 0 Å². The molecule has 0 spiro atoms. The van der Waals surface area contributed by atoms with Gasteiger partial charge in [0.05, 0.1) is 6.34 Å². The van der Waals surface area contributed by atoms with E-state index < -0.39 is 18.4 Å². The van der Waals surface area contributed by atoms with Gasteiger partial charge in [0.15, 0.2) is 0 Å². The Balaban J connectivity index is 0.000000758. The van der Waals surface area contributed by atoms with Crippen molar-refractivity contribution in [1.82, 2.24) is 0 Å². The standard InChI is InChI=1S/C16H9F3O4.CH4N2/c17-9-3-1-8(2-4-9)14-13(15(20)21)11-7-10(22-16(18)19)5-6-12(11)23-14;2-1-3/h1-7,16H,(H,20,21);1H,(H3,2,3). The first-order valence-corrected chi connectivity index (χ1v) is 7.08. The normalized spacial score (nSPS) is 10.3. The molecule has 0 saturated heterocycles. The average molecular weight is 366 g/mol. The highest BCUT2D eigenvalue weighted by atomic mass is 19.3. The number of rotatable bonds is 4. The Morgan fingerprint density at radius 2 is 1.85 bits per heavy atom. The van der Waals surface area contributed by atoms with E-state index in [4.69, 9.17) is 9.83 Å². The molecule has 0 amide bonds. The lowest BCUT2D eigenvalue weighted by Gasteiger charge is -2.03. The van der Waals surface area contributed by atoms with Crippen LogP contribution in [0.1, 0.15) is 10.4 Å². The maximum absolute atomic E-state index is 13.0. The van der Waals surface area contributed by atoms with Gasteiger partial charge in [0.2, 0.25) is 0 Å². The van der Waals surface area contributed by atoms with Crippen LogP contribution in [0.15, 0.2) is 46.9 Å². The molecule has 1 heterocycles. The van der Waals surface area contributed by atoms with Gasteiger partial charge in [-0.1, -0.05) is 0 Å². The Morgan fingerprint density at radius 1 is 1.23 bits per heavy atom. The van der Waals surface area contributed by atoms with Gasteiger partial charge in [0.1, 0.15) is 28.5 Å². The summed E-state index contributed by atoms with van der Waals surface area (Å²) in [6.07, 6.45) is 0.750. The van der Waals surface area contributed by atoms with Crippen LogP contribution in [0.25, 0.3) is 22.3 Å². The van der Waals surface area contributed by atoms with E-state index in [0.29, 0.717) is 5.56 Å². The van der Waals surface area contributed by atoms with E-state index >= 15 is 0 Å². The molecule has 6 nitrogen and oxygen atoms in total. The lowest BCUT2D eigenvalue weighted by atomic mass is 10.1. The first-order chi connectivity index (χ1) is 12.4. The second-order valence-corrected chi connectivity index (χ2v) is 4.82. The number of nitrogens with one attached hydrogen (secondary N) is 1. The summed E-state index contributed by atoms with van der Waals surface area (Å²) in [6, 6.07) is 8.83. The van der Waals surface area contributed by atoms with Crippen molar-refractivity contribution in [3.05, 3.63) is 53.8 Å². The number of hydrogen-bond acceptors (Lipinski definition) is 4. The summed E-state index contributed by atoms with van der Waals surface area (Å²) in [5.74, 6) is -1.94. The van der Waals surface area contributed by atoms with Crippen molar-refractivity contribution in [1.29, 1.82) is 5.41 Å². The number of aromatic carboxylic acids is 1. The maximum atomic E-state index is 13.0. The van der Waals surface area contributed by atoms with Gasteiger partial charge in [-0.3, -0.25) is 5.41 Å². The molecule has 0 radical (unpaired) electrons. The van der Waals surface area contributed by atoms with Crippen LogP contribution in [0.4, 0.5) is 13.2 Å². The fourth-order valence-electron chi connectivity index (χ4n) is 2.27. The third-order valence-corrected chi connectivity index (χ3v) is 3.20. The van der Waals surface area contributed by atoms with Crippen LogP contribution in [0, 0.1) is 11.2 Å². The van der Waals surface area contributed by atoms with Crippen LogP contribution in [-0.2, 0) is 0 Å². The molecule has 26 heavy (non-hydrogen) atoms. The molecule has 0 aliphatic rings. The molecule has 0 saturated carbocycles. The van der Waals surface area contributed by atoms with Crippen LogP contribution in [0.5, 0.6) is 5.75 Å². The minimum Gasteiger partial charge on any atom is -0.478 e. The van der Waals surface area contributed by atoms with Gasteiger partial charge in [-0.25, -0.2) is 9.18 Å². The van der Waals surface area contributed by atoms with Crippen molar-refractivity contribution in [2.24, 2.45) is 5.73 Å². The van der Waals surface area contributed by atoms with Gasteiger partial charge in [-0.2, -0.15) is 8.78 Å². The largest absolute Gasteiger partial charge is 0.478 e. The summed E-state index contributed by atoms with van der Waals surface area (Å²) >= 11 is 0. The number of fused-ring (bicyclic) bond motifs is 1. The lowest BCUT2D eigenvalue weighted by Crippen LogP contribution is -2.02. The Hall–Kier alpha value is -3.49. The van der Waals surface area contributed by atoms with Gasteiger partial charge in [0, 0.05) is 10.9 Å². The number of carboxylic acid groups (broad SMARTS) is 1. The highest BCUT2D eigenvalue weighted by Crippen LogP contribution is 2.35.